The lowest BCUT2D eigenvalue weighted by atomic mass is 9.95. The average Bonchev–Trinajstić information content (AvgIpc) is 2.42. The van der Waals surface area contributed by atoms with E-state index in [9.17, 15) is 0 Å². The maximum absolute atomic E-state index is 6.04. The van der Waals surface area contributed by atoms with Crippen molar-refractivity contribution in [3.8, 4) is 11.1 Å². The topological polar surface area (TPSA) is 26.0 Å². The number of benzene rings is 2. The van der Waals surface area contributed by atoms with Crippen LogP contribution in [-0.2, 0) is 0 Å². The molecular formula is C16H17Cl2N. The van der Waals surface area contributed by atoms with Crippen molar-refractivity contribution in [2.75, 3.05) is 6.54 Å². The van der Waals surface area contributed by atoms with E-state index in [1.807, 2.05) is 18.2 Å². The summed E-state index contributed by atoms with van der Waals surface area (Å²) >= 11 is 12.0. The second-order valence-electron chi connectivity index (χ2n) is 4.73. The van der Waals surface area contributed by atoms with E-state index in [4.69, 9.17) is 28.9 Å². The first kappa shape index (κ1) is 14.4. The molecule has 0 spiro atoms. The Bertz CT molecular complexity index is 549. The first-order chi connectivity index (χ1) is 9.11. The fourth-order valence-electron chi connectivity index (χ4n) is 2.10. The Morgan fingerprint density at radius 3 is 2.16 bits per heavy atom. The van der Waals surface area contributed by atoms with Crippen molar-refractivity contribution in [3.63, 3.8) is 0 Å². The molecule has 0 amide bonds. The quantitative estimate of drug-likeness (QED) is 0.832. The second-order valence-corrected chi connectivity index (χ2v) is 5.54. The van der Waals surface area contributed by atoms with E-state index >= 15 is 0 Å². The molecule has 2 aromatic carbocycles. The van der Waals surface area contributed by atoms with Gasteiger partial charge in [0.15, 0.2) is 0 Å². The highest BCUT2D eigenvalue weighted by molar-refractivity contribution is 6.42. The average molecular weight is 294 g/mol. The van der Waals surface area contributed by atoms with Gasteiger partial charge in [-0.2, -0.15) is 0 Å². The van der Waals surface area contributed by atoms with Crippen LogP contribution in [0.25, 0.3) is 11.1 Å². The molecule has 2 aromatic rings. The van der Waals surface area contributed by atoms with Gasteiger partial charge in [-0.25, -0.2) is 0 Å². The van der Waals surface area contributed by atoms with Crippen molar-refractivity contribution in [3.05, 3.63) is 58.1 Å². The molecule has 0 bridgehead atoms. The number of hydrogen-bond donors (Lipinski definition) is 1. The second kappa shape index (κ2) is 6.42. The van der Waals surface area contributed by atoms with E-state index in [2.05, 4.69) is 31.2 Å². The molecule has 2 rings (SSSR count). The summed E-state index contributed by atoms with van der Waals surface area (Å²) < 4.78 is 0. The lowest BCUT2D eigenvalue weighted by molar-refractivity contribution is 0.690. The number of rotatable bonds is 4. The lowest BCUT2D eigenvalue weighted by Gasteiger charge is -2.11. The lowest BCUT2D eigenvalue weighted by Crippen LogP contribution is -2.04. The monoisotopic (exact) mass is 293 g/mol. The highest BCUT2D eigenvalue weighted by Crippen LogP contribution is 2.29. The summed E-state index contributed by atoms with van der Waals surface area (Å²) in [5, 5.41) is 1.17. The zero-order chi connectivity index (χ0) is 13.8. The first-order valence-electron chi connectivity index (χ1n) is 6.37. The van der Waals surface area contributed by atoms with Crippen LogP contribution >= 0.6 is 23.2 Å². The van der Waals surface area contributed by atoms with Crippen LogP contribution in [0.5, 0.6) is 0 Å². The van der Waals surface area contributed by atoms with E-state index in [1.54, 1.807) is 0 Å². The van der Waals surface area contributed by atoms with Gasteiger partial charge in [-0.15, -0.1) is 0 Å². The van der Waals surface area contributed by atoms with E-state index < -0.39 is 0 Å². The Kier molecular flexibility index (Phi) is 4.87. The molecule has 19 heavy (non-hydrogen) atoms. The Morgan fingerprint density at radius 1 is 0.947 bits per heavy atom. The minimum atomic E-state index is 0.493. The molecule has 1 nitrogen and oxygen atoms in total. The molecule has 3 heteroatoms. The molecule has 1 unspecified atom stereocenters. The van der Waals surface area contributed by atoms with Gasteiger partial charge >= 0.3 is 0 Å². The summed E-state index contributed by atoms with van der Waals surface area (Å²) in [6, 6.07) is 14.2. The summed E-state index contributed by atoms with van der Waals surface area (Å²) in [6.45, 7) is 2.91. The van der Waals surface area contributed by atoms with E-state index in [0.717, 1.165) is 24.1 Å². The van der Waals surface area contributed by atoms with Gasteiger partial charge in [0.2, 0.25) is 0 Å². The van der Waals surface area contributed by atoms with Gasteiger partial charge in [-0.05, 0) is 47.7 Å². The summed E-state index contributed by atoms with van der Waals surface area (Å²) in [4.78, 5) is 0. The van der Waals surface area contributed by atoms with Crippen molar-refractivity contribution in [1.29, 1.82) is 0 Å². The van der Waals surface area contributed by atoms with Crippen molar-refractivity contribution >= 4 is 23.2 Å². The largest absolute Gasteiger partial charge is 0.330 e. The molecule has 0 aromatic heterocycles. The highest BCUT2D eigenvalue weighted by atomic mass is 35.5. The third kappa shape index (κ3) is 3.50. The molecule has 0 aliphatic carbocycles. The van der Waals surface area contributed by atoms with Gasteiger partial charge in [0.1, 0.15) is 0 Å². The van der Waals surface area contributed by atoms with E-state index in [-0.39, 0.29) is 0 Å². The van der Waals surface area contributed by atoms with Crippen LogP contribution in [0.15, 0.2) is 42.5 Å². The minimum absolute atomic E-state index is 0.493. The summed E-state index contributed by atoms with van der Waals surface area (Å²) in [6.07, 6.45) is 1.01. The van der Waals surface area contributed by atoms with Crippen molar-refractivity contribution < 1.29 is 0 Å². The standard InChI is InChI=1S/C16H17Cl2N/c1-11(8-9-19)12-2-4-13(5-3-12)14-6-7-15(17)16(18)10-14/h2-7,10-11H,8-9,19H2,1H3. The molecule has 0 saturated heterocycles. The normalized spacial score (nSPS) is 12.4. The molecule has 2 N–H and O–H groups in total. The van der Waals surface area contributed by atoms with Crippen LogP contribution in [0.1, 0.15) is 24.8 Å². The Labute approximate surface area is 124 Å². The van der Waals surface area contributed by atoms with Gasteiger partial charge in [-0.3, -0.25) is 0 Å². The fraction of sp³-hybridized carbons (Fsp3) is 0.250. The number of halogens is 2. The van der Waals surface area contributed by atoms with Crippen LogP contribution in [0, 0.1) is 0 Å². The van der Waals surface area contributed by atoms with Crippen molar-refractivity contribution in [1.82, 2.24) is 0 Å². The van der Waals surface area contributed by atoms with Gasteiger partial charge in [-0.1, -0.05) is 60.5 Å². The Morgan fingerprint density at radius 2 is 1.58 bits per heavy atom. The Hall–Kier alpha value is -1.02. The molecule has 0 aliphatic rings. The maximum atomic E-state index is 6.04. The van der Waals surface area contributed by atoms with E-state index in [0.29, 0.717) is 16.0 Å². The van der Waals surface area contributed by atoms with Crippen LogP contribution < -0.4 is 5.73 Å². The molecule has 0 saturated carbocycles. The van der Waals surface area contributed by atoms with Crippen LogP contribution in [0.2, 0.25) is 10.0 Å². The predicted octanol–water partition coefficient (Wildman–Crippen LogP) is 5.11. The molecule has 0 aliphatic heterocycles. The smallest absolute Gasteiger partial charge is 0.0598 e. The third-order valence-electron chi connectivity index (χ3n) is 3.33. The summed E-state index contributed by atoms with van der Waals surface area (Å²) in [5.74, 6) is 0.493. The summed E-state index contributed by atoms with van der Waals surface area (Å²) in [7, 11) is 0. The summed E-state index contributed by atoms with van der Waals surface area (Å²) in [5.41, 5.74) is 9.12. The van der Waals surface area contributed by atoms with Crippen molar-refractivity contribution in [2.45, 2.75) is 19.3 Å². The Balaban J connectivity index is 2.24. The molecule has 0 heterocycles. The molecule has 0 fully saturated rings. The van der Waals surface area contributed by atoms with Crippen LogP contribution in [0.4, 0.5) is 0 Å². The molecule has 100 valence electrons. The minimum Gasteiger partial charge on any atom is -0.330 e. The van der Waals surface area contributed by atoms with Gasteiger partial charge < -0.3 is 5.73 Å². The van der Waals surface area contributed by atoms with Gasteiger partial charge in [0, 0.05) is 0 Å². The molecule has 0 radical (unpaired) electrons. The van der Waals surface area contributed by atoms with Gasteiger partial charge in [0.05, 0.1) is 10.0 Å². The van der Waals surface area contributed by atoms with Gasteiger partial charge in [0.25, 0.3) is 0 Å². The zero-order valence-corrected chi connectivity index (χ0v) is 12.4. The predicted molar refractivity (Wildman–Crippen MR) is 84.0 cm³/mol. The first-order valence-corrected chi connectivity index (χ1v) is 7.13. The molecule has 1 atom stereocenters. The van der Waals surface area contributed by atoms with Crippen molar-refractivity contribution in [2.24, 2.45) is 5.73 Å². The fourth-order valence-corrected chi connectivity index (χ4v) is 2.39. The van der Waals surface area contributed by atoms with Crippen LogP contribution in [-0.4, -0.2) is 6.54 Å². The maximum Gasteiger partial charge on any atom is 0.0598 e. The van der Waals surface area contributed by atoms with E-state index in [1.165, 1.54) is 5.56 Å². The highest BCUT2D eigenvalue weighted by Gasteiger charge is 2.06. The SMILES string of the molecule is CC(CCN)c1ccc(-c2ccc(Cl)c(Cl)c2)cc1. The number of nitrogens with two attached hydrogens (primary N) is 1. The molecular weight excluding hydrogens is 277 g/mol. The third-order valence-corrected chi connectivity index (χ3v) is 4.07. The number of hydrogen-bond acceptors (Lipinski definition) is 1. The van der Waals surface area contributed by atoms with Crippen LogP contribution in [0.3, 0.4) is 0 Å². The zero-order valence-electron chi connectivity index (χ0n) is 10.9.